The molecule has 34 nitrogen and oxygen atoms in total. The van der Waals surface area contributed by atoms with Gasteiger partial charge in [-0.3, -0.25) is 0 Å². The van der Waals surface area contributed by atoms with Crippen molar-refractivity contribution < 1.29 is 168 Å². The number of aliphatic hydroxyl groups excluding tert-OH is 18. The van der Waals surface area contributed by atoms with E-state index in [9.17, 15) is 91.9 Å². The van der Waals surface area contributed by atoms with Crippen LogP contribution in [0.5, 0.6) is 0 Å². The normalized spacial score (nSPS) is 55.9. The molecule has 0 saturated carbocycles. The lowest BCUT2D eigenvalue weighted by atomic mass is 9.95. The van der Waals surface area contributed by atoms with E-state index in [0.29, 0.717) is 0 Å². The molecule has 0 radical (unpaired) electrons. The molecule has 21 aliphatic rings. The predicted molar refractivity (Wildman–Crippen MR) is 227 cm³/mol. The zero-order valence-electron chi connectivity index (χ0n) is 40.6. The van der Waals surface area contributed by atoms with Crippen LogP contribution in [0.2, 0.25) is 0 Å². The Labute approximate surface area is 430 Å². The van der Waals surface area contributed by atoms with E-state index < -0.39 is 242 Å². The Kier molecular flexibility index (Phi) is 20.3. The van der Waals surface area contributed by atoms with E-state index in [4.69, 9.17) is 75.8 Å². The Morgan fingerprint density at radius 1 is 0.250 bits per heavy atom. The number of rotatable bonds is 6. The van der Waals surface area contributed by atoms with Gasteiger partial charge in [0.2, 0.25) is 0 Å². The maximum Gasteiger partial charge on any atom is 0.189 e. The number of aliphatic hydroxyl groups is 18. The van der Waals surface area contributed by atoms with Gasteiger partial charge in [-0.15, -0.1) is 0 Å². The molecule has 35 unspecified atom stereocenters. The Bertz CT molecular complexity index is 1800. The van der Waals surface area contributed by atoms with Gasteiger partial charge in [0.1, 0.15) is 153 Å². The summed E-state index contributed by atoms with van der Waals surface area (Å²) in [7, 11) is 2.14. The molecule has 442 valence electrons. The van der Waals surface area contributed by atoms with Gasteiger partial charge in [0.05, 0.1) is 32.5 Å². The van der Waals surface area contributed by atoms with E-state index in [1.165, 1.54) is 6.92 Å². The summed E-state index contributed by atoms with van der Waals surface area (Å²) in [5, 5.41) is 200. The highest BCUT2D eigenvalue weighted by Gasteiger charge is 2.59. The van der Waals surface area contributed by atoms with Gasteiger partial charge in [-0.1, -0.05) is 0 Å². The van der Waals surface area contributed by atoms with Gasteiger partial charge in [0.15, 0.2) is 56.6 Å². The molecule has 21 fully saturated rings. The van der Waals surface area contributed by atoms with Gasteiger partial charge in [0.25, 0.3) is 0 Å². The Balaban J connectivity index is 1.07. The van der Waals surface area contributed by atoms with E-state index in [0.717, 1.165) is 14.2 Å². The highest BCUT2D eigenvalue weighted by Crippen LogP contribution is 2.39. The Morgan fingerprint density at radius 2 is 0.447 bits per heavy atom. The first-order chi connectivity index (χ1) is 36.1. The molecule has 0 aromatic rings. The quantitative estimate of drug-likeness (QED) is 0.117. The molecular weight excluding hydrogens is 1050 g/mol. The third-order valence-corrected chi connectivity index (χ3v) is 14.6. The minimum atomic E-state index is -2.18. The molecule has 0 aromatic carbocycles. The summed E-state index contributed by atoms with van der Waals surface area (Å²) in [6, 6.07) is 0. The SMILES string of the molecule is COC1OC2OC3C(OC)OC(OC4C(C)OC(OC5C(CO)OC(OC6C(CO)OC(OC7C(CO)OC(OC8C(CO)OC(OC1C(O)C2O)C(O)C8O)C(O)C7O)C(O)C6O)C(O)C5O)C(O)C4O)C(O)C3O. The summed E-state index contributed by atoms with van der Waals surface area (Å²) < 4.78 is 90.9. The van der Waals surface area contributed by atoms with Gasteiger partial charge >= 0.3 is 0 Å². The van der Waals surface area contributed by atoms with E-state index in [-0.39, 0.29) is 0 Å². The first kappa shape index (κ1) is 60.7. The van der Waals surface area contributed by atoms with Crippen molar-refractivity contribution >= 4 is 0 Å². The highest BCUT2D eigenvalue weighted by molar-refractivity contribution is 5.00. The second-order valence-corrected chi connectivity index (χ2v) is 19.4. The zero-order valence-corrected chi connectivity index (χ0v) is 40.6. The minimum Gasteiger partial charge on any atom is -0.394 e. The van der Waals surface area contributed by atoms with Crippen molar-refractivity contribution in [1.29, 1.82) is 0 Å². The second kappa shape index (κ2) is 25.4. The molecule has 21 heterocycles. The minimum absolute atomic E-state index is 0.986. The van der Waals surface area contributed by atoms with Crippen LogP contribution in [-0.2, 0) is 75.8 Å². The lowest BCUT2D eigenvalue weighted by molar-refractivity contribution is -0.422. The van der Waals surface area contributed by atoms with Crippen molar-refractivity contribution in [2.45, 2.75) is 222 Å². The molecular formula is C42H70O34. The predicted octanol–water partition coefficient (Wildman–Crippen LogP) is -13.0. The van der Waals surface area contributed by atoms with Crippen molar-refractivity contribution in [1.82, 2.24) is 0 Å². The van der Waals surface area contributed by atoms with Crippen LogP contribution < -0.4 is 0 Å². The molecule has 76 heavy (non-hydrogen) atoms. The van der Waals surface area contributed by atoms with Gasteiger partial charge in [-0.2, -0.15) is 0 Å². The second-order valence-electron chi connectivity index (χ2n) is 19.4. The van der Waals surface area contributed by atoms with Crippen LogP contribution in [0, 0.1) is 0 Å². The Morgan fingerprint density at radius 3 is 0.697 bits per heavy atom. The summed E-state index contributed by atoms with van der Waals surface area (Å²) in [4.78, 5) is 0. The maximum atomic E-state index is 11.4. The van der Waals surface area contributed by atoms with E-state index in [1.54, 1.807) is 0 Å². The number of methoxy groups -OCH3 is 2. The number of hydrogen-bond donors (Lipinski definition) is 18. The number of hydrogen-bond acceptors (Lipinski definition) is 34. The first-order valence-corrected chi connectivity index (χ1v) is 24.3. The molecule has 21 rings (SSSR count). The van der Waals surface area contributed by atoms with Gasteiger partial charge in [-0.05, 0) is 6.92 Å². The van der Waals surface area contributed by atoms with Crippen LogP contribution in [0.1, 0.15) is 6.92 Å². The highest BCUT2D eigenvalue weighted by atomic mass is 16.8. The third kappa shape index (κ3) is 11.7. The van der Waals surface area contributed by atoms with E-state index in [2.05, 4.69) is 0 Å². The van der Waals surface area contributed by atoms with E-state index in [1.807, 2.05) is 0 Å². The van der Waals surface area contributed by atoms with Gasteiger partial charge in [0, 0.05) is 14.2 Å². The molecule has 18 N–H and O–H groups in total. The van der Waals surface area contributed by atoms with Crippen molar-refractivity contribution in [2.24, 2.45) is 0 Å². The largest absolute Gasteiger partial charge is 0.394 e. The monoisotopic (exact) mass is 1120 g/mol. The molecule has 0 spiro atoms. The van der Waals surface area contributed by atoms with Crippen LogP contribution >= 0.6 is 0 Å². The summed E-state index contributed by atoms with van der Waals surface area (Å²) in [5.41, 5.74) is 0. The van der Waals surface area contributed by atoms with Crippen molar-refractivity contribution in [3.05, 3.63) is 0 Å². The molecule has 14 bridgehead atoms. The summed E-state index contributed by atoms with van der Waals surface area (Å²) in [5.74, 6) is 0. The smallest absolute Gasteiger partial charge is 0.189 e. The Hall–Kier alpha value is -1.36. The third-order valence-electron chi connectivity index (χ3n) is 14.6. The summed E-state index contributed by atoms with van der Waals surface area (Å²) >= 11 is 0. The summed E-state index contributed by atoms with van der Waals surface area (Å²) in [6.45, 7) is -2.72. The molecule has 0 amide bonds. The van der Waals surface area contributed by atoms with Crippen LogP contribution in [-0.4, -0.2) is 348 Å². The molecule has 0 aromatic heterocycles. The van der Waals surface area contributed by atoms with Crippen molar-refractivity contribution in [3.8, 4) is 0 Å². The van der Waals surface area contributed by atoms with Gasteiger partial charge in [-0.25, -0.2) is 0 Å². The van der Waals surface area contributed by atoms with Crippen molar-refractivity contribution in [2.75, 3.05) is 40.6 Å². The van der Waals surface area contributed by atoms with Crippen LogP contribution in [0.4, 0.5) is 0 Å². The number of ether oxygens (including phenoxy) is 16. The summed E-state index contributed by atoms with van der Waals surface area (Å²) in [6.07, 6.45) is -67.3. The van der Waals surface area contributed by atoms with Crippen LogP contribution in [0.25, 0.3) is 0 Å². The lowest BCUT2D eigenvalue weighted by Crippen LogP contribution is -2.68. The average Bonchev–Trinajstić information content (AvgIpc) is 3.42. The topological polar surface area (TPSA) is 512 Å². The van der Waals surface area contributed by atoms with E-state index >= 15 is 0 Å². The zero-order chi connectivity index (χ0) is 55.3. The lowest BCUT2D eigenvalue weighted by Gasteiger charge is -2.50. The average molecular weight is 1120 g/mol. The molecule has 21 aliphatic heterocycles. The molecule has 0 aliphatic carbocycles. The molecule has 34 heteroatoms. The van der Waals surface area contributed by atoms with Crippen molar-refractivity contribution in [3.63, 3.8) is 0 Å². The van der Waals surface area contributed by atoms with Gasteiger partial charge < -0.3 is 168 Å². The maximum absolute atomic E-state index is 11.4. The van der Waals surface area contributed by atoms with Crippen LogP contribution in [0.3, 0.4) is 0 Å². The standard InChI is InChI=1S/C42H70O34/c1-8-27-13(47)20(54)34(63-8)69-28-9(4-43)64-35(21(55)14(28)48)70-29-10(5-44)65-36(22(56)15(29)49)71-30-11(6-45)66-37(23(57)16(30)50)72-31-12(7-46)67-38(24(58)17(31)51)73-32-19(53)26(60)40(76-41(32)61-2)74-33-18(52)25(59)39(68-27)75-42(33)62-3/h8-60H,4-7H2,1-3H3. The van der Waals surface area contributed by atoms with Crippen LogP contribution in [0.15, 0.2) is 0 Å². The molecule has 21 saturated heterocycles. The first-order valence-electron chi connectivity index (χ1n) is 24.3. The fourth-order valence-electron chi connectivity index (χ4n) is 10.2. The fraction of sp³-hybridized carbons (Fsp3) is 1.00. The molecule has 35 atom stereocenters. The fourth-order valence-corrected chi connectivity index (χ4v) is 10.2.